The molecule has 2 N–H and O–H groups in total. The maximum absolute atomic E-state index is 12.9. The number of phenols is 1. The Bertz CT molecular complexity index is 980. The molecule has 0 amide bonds. The summed E-state index contributed by atoms with van der Waals surface area (Å²) in [5, 5.41) is 14.0. The van der Waals surface area contributed by atoms with E-state index in [0.29, 0.717) is 5.69 Å². The molecule has 0 fully saturated rings. The lowest BCUT2D eigenvalue weighted by Crippen LogP contribution is -2.13. The number of aromatic nitrogens is 2. The number of hydrogen-bond acceptors (Lipinski definition) is 4. The molecular weight excluding hydrogens is 338 g/mol. The molecule has 0 aliphatic heterocycles. The Labute approximate surface area is 146 Å². The summed E-state index contributed by atoms with van der Waals surface area (Å²) in [6, 6.07) is 15.2. The van der Waals surface area contributed by atoms with Crippen molar-refractivity contribution in [2.24, 2.45) is 0 Å². The van der Waals surface area contributed by atoms with Gasteiger partial charge < -0.3 is 5.11 Å². The van der Waals surface area contributed by atoms with Crippen molar-refractivity contribution >= 4 is 15.7 Å². The Kier molecular flexibility index (Phi) is 4.50. The van der Waals surface area contributed by atoms with E-state index >= 15 is 0 Å². The molecule has 0 saturated carbocycles. The number of sulfonamides is 1. The first-order valence-corrected chi connectivity index (χ1v) is 9.31. The van der Waals surface area contributed by atoms with Crippen LogP contribution in [0.4, 0.5) is 5.69 Å². The Hall–Kier alpha value is -2.80. The Morgan fingerprint density at radius 1 is 1.08 bits per heavy atom. The van der Waals surface area contributed by atoms with Crippen LogP contribution in [-0.4, -0.2) is 23.3 Å². The zero-order valence-electron chi connectivity index (χ0n) is 13.9. The lowest BCUT2D eigenvalue weighted by molar-refractivity contribution is 0.475. The van der Waals surface area contributed by atoms with Crippen LogP contribution in [0.1, 0.15) is 19.9 Å². The van der Waals surface area contributed by atoms with Crippen LogP contribution >= 0.6 is 0 Å². The third-order valence-corrected chi connectivity index (χ3v) is 5.04. The maximum atomic E-state index is 12.9. The number of benzene rings is 2. The van der Waals surface area contributed by atoms with Crippen LogP contribution in [0, 0.1) is 0 Å². The van der Waals surface area contributed by atoms with Gasteiger partial charge in [-0.05, 0) is 26.0 Å². The summed E-state index contributed by atoms with van der Waals surface area (Å²) in [5.41, 5.74) is 1.40. The van der Waals surface area contributed by atoms with Gasteiger partial charge in [0.25, 0.3) is 10.0 Å². The zero-order chi connectivity index (χ0) is 18.0. The van der Waals surface area contributed by atoms with Crippen LogP contribution in [-0.2, 0) is 10.0 Å². The largest absolute Gasteiger partial charge is 0.508 e. The fourth-order valence-electron chi connectivity index (χ4n) is 2.41. The van der Waals surface area contributed by atoms with Crippen LogP contribution < -0.4 is 4.72 Å². The SMILES string of the molecule is CC(C)n1cc(S(=O)(=O)Nc2cccc(O)c2)c(-c2ccccc2)n1. The van der Waals surface area contributed by atoms with Crippen molar-refractivity contribution < 1.29 is 13.5 Å². The van der Waals surface area contributed by atoms with E-state index in [4.69, 9.17) is 0 Å². The number of nitrogens with one attached hydrogen (secondary N) is 1. The van der Waals surface area contributed by atoms with Crippen LogP contribution in [0.2, 0.25) is 0 Å². The molecule has 25 heavy (non-hydrogen) atoms. The van der Waals surface area contributed by atoms with Crippen LogP contribution in [0.3, 0.4) is 0 Å². The molecule has 2 aromatic carbocycles. The van der Waals surface area contributed by atoms with E-state index in [1.807, 2.05) is 44.2 Å². The normalized spacial score (nSPS) is 11.6. The first-order chi connectivity index (χ1) is 11.9. The first kappa shape index (κ1) is 17.0. The number of nitrogens with zero attached hydrogens (tertiary/aromatic N) is 2. The van der Waals surface area contributed by atoms with Gasteiger partial charge in [-0.3, -0.25) is 9.40 Å². The second-order valence-electron chi connectivity index (χ2n) is 5.94. The third kappa shape index (κ3) is 3.66. The fourth-order valence-corrected chi connectivity index (χ4v) is 3.62. The second-order valence-corrected chi connectivity index (χ2v) is 7.59. The molecule has 0 aliphatic rings. The lowest BCUT2D eigenvalue weighted by atomic mass is 10.2. The molecule has 0 saturated heterocycles. The minimum atomic E-state index is -3.87. The molecular formula is C18H19N3O3S. The van der Waals surface area contributed by atoms with Gasteiger partial charge in [-0.2, -0.15) is 5.10 Å². The van der Waals surface area contributed by atoms with Gasteiger partial charge in [-0.25, -0.2) is 8.42 Å². The van der Waals surface area contributed by atoms with E-state index in [-0.39, 0.29) is 22.4 Å². The molecule has 1 heterocycles. The number of anilines is 1. The van der Waals surface area contributed by atoms with E-state index in [9.17, 15) is 13.5 Å². The molecule has 0 aliphatic carbocycles. The number of hydrogen-bond donors (Lipinski definition) is 2. The number of aromatic hydroxyl groups is 1. The smallest absolute Gasteiger partial charge is 0.265 e. The molecule has 0 spiro atoms. The van der Waals surface area contributed by atoms with E-state index in [0.717, 1.165) is 5.56 Å². The fraction of sp³-hybridized carbons (Fsp3) is 0.167. The monoisotopic (exact) mass is 357 g/mol. The van der Waals surface area contributed by atoms with Crippen molar-refractivity contribution in [1.29, 1.82) is 0 Å². The minimum absolute atomic E-state index is 0.0126. The molecule has 7 heteroatoms. The van der Waals surface area contributed by atoms with E-state index in [2.05, 4.69) is 9.82 Å². The van der Waals surface area contributed by atoms with Gasteiger partial charge in [0.1, 0.15) is 16.3 Å². The quantitative estimate of drug-likeness (QED) is 0.730. The highest BCUT2D eigenvalue weighted by Gasteiger charge is 2.24. The highest BCUT2D eigenvalue weighted by atomic mass is 32.2. The Balaban J connectivity index is 2.08. The molecule has 0 atom stereocenters. The molecule has 3 aromatic rings. The standard InChI is InChI=1S/C18H19N3O3S/c1-13(2)21-12-17(18(19-21)14-7-4-3-5-8-14)25(23,24)20-15-9-6-10-16(22)11-15/h3-13,20,22H,1-2H3. The predicted molar refractivity (Wildman–Crippen MR) is 97.0 cm³/mol. The van der Waals surface area contributed by atoms with Crippen molar-refractivity contribution in [3.8, 4) is 17.0 Å². The first-order valence-electron chi connectivity index (χ1n) is 7.83. The van der Waals surface area contributed by atoms with Gasteiger partial charge in [-0.1, -0.05) is 36.4 Å². The summed E-state index contributed by atoms with van der Waals surface area (Å²) < 4.78 is 29.9. The summed E-state index contributed by atoms with van der Waals surface area (Å²) in [6.45, 7) is 3.86. The van der Waals surface area contributed by atoms with Crippen LogP contribution in [0.15, 0.2) is 65.7 Å². The summed E-state index contributed by atoms with van der Waals surface area (Å²) in [6.07, 6.45) is 1.53. The lowest BCUT2D eigenvalue weighted by Gasteiger charge is -2.08. The van der Waals surface area contributed by atoms with Crippen LogP contribution in [0.5, 0.6) is 5.75 Å². The van der Waals surface area contributed by atoms with Crippen molar-refractivity contribution in [3.63, 3.8) is 0 Å². The van der Waals surface area contributed by atoms with E-state index < -0.39 is 10.0 Å². The predicted octanol–water partition coefficient (Wildman–Crippen LogP) is 3.64. The van der Waals surface area contributed by atoms with Crippen molar-refractivity contribution in [3.05, 3.63) is 60.8 Å². The topological polar surface area (TPSA) is 84.2 Å². The molecule has 0 radical (unpaired) electrons. The molecule has 130 valence electrons. The van der Waals surface area contributed by atoms with E-state index in [1.54, 1.807) is 16.8 Å². The Morgan fingerprint density at radius 3 is 2.44 bits per heavy atom. The van der Waals surface area contributed by atoms with Gasteiger partial charge in [0.15, 0.2) is 0 Å². The van der Waals surface area contributed by atoms with Crippen LogP contribution in [0.25, 0.3) is 11.3 Å². The van der Waals surface area contributed by atoms with Gasteiger partial charge in [0.2, 0.25) is 0 Å². The third-order valence-electron chi connectivity index (χ3n) is 3.66. The summed E-state index contributed by atoms with van der Waals surface area (Å²) in [5.74, 6) is -0.0126. The molecule has 3 rings (SSSR count). The molecule has 0 bridgehead atoms. The summed E-state index contributed by atoms with van der Waals surface area (Å²) >= 11 is 0. The molecule has 6 nitrogen and oxygen atoms in total. The summed E-state index contributed by atoms with van der Waals surface area (Å²) in [7, 11) is -3.87. The van der Waals surface area contributed by atoms with Crippen molar-refractivity contribution in [2.75, 3.05) is 4.72 Å². The van der Waals surface area contributed by atoms with E-state index in [1.165, 1.54) is 18.3 Å². The number of rotatable bonds is 5. The van der Waals surface area contributed by atoms with Crippen molar-refractivity contribution in [2.45, 2.75) is 24.8 Å². The zero-order valence-corrected chi connectivity index (χ0v) is 14.7. The highest BCUT2D eigenvalue weighted by molar-refractivity contribution is 7.92. The average molecular weight is 357 g/mol. The average Bonchev–Trinajstić information content (AvgIpc) is 3.02. The molecule has 0 unspecified atom stereocenters. The Morgan fingerprint density at radius 2 is 1.80 bits per heavy atom. The highest BCUT2D eigenvalue weighted by Crippen LogP contribution is 2.29. The van der Waals surface area contributed by atoms with Crippen molar-refractivity contribution in [1.82, 2.24) is 9.78 Å². The summed E-state index contributed by atoms with van der Waals surface area (Å²) in [4.78, 5) is 0.0933. The maximum Gasteiger partial charge on any atom is 0.265 e. The van der Waals surface area contributed by atoms with Gasteiger partial charge in [-0.15, -0.1) is 0 Å². The second kappa shape index (κ2) is 6.60. The van der Waals surface area contributed by atoms with Gasteiger partial charge >= 0.3 is 0 Å². The van der Waals surface area contributed by atoms with Gasteiger partial charge in [0, 0.05) is 23.9 Å². The molecule has 1 aromatic heterocycles. The van der Waals surface area contributed by atoms with Gasteiger partial charge in [0.05, 0.1) is 5.69 Å². The number of phenolic OH excluding ortho intramolecular Hbond substituents is 1. The minimum Gasteiger partial charge on any atom is -0.508 e.